The molecule has 0 amide bonds. The van der Waals surface area contributed by atoms with Gasteiger partial charge in [0.15, 0.2) is 11.6 Å². The van der Waals surface area contributed by atoms with Crippen LogP contribution in [0.2, 0.25) is 5.02 Å². The van der Waals surface area contributed by atoms with Crippen LogP contribution in [-0.2, 0) is 15.0 Å². The number of imidazole rings is 1. The van der Waals surface area contributed by atoms with E-state index in [1.54, 1.807) is 24.3 Å². The van der Waals surface area contributed by atoms with Gasteiger partial charge in [0.25, 0.3) is 0 Å². The standard InChI is InChI=1S/C29H28ClF2N3O3/c1-3-38-26(23-12-9-19(17-33-23)28(36)37-2)29(13-5-4-6-14-29)35-25-16-22(32)21(31)15-24(25)34-27(35)18-7-10-20(30)11-8-18/h7-12,15-17,26H,3-6,13-14H2,1-2H3. The summed E-state index contributed by atoms with van der Waals surface area (Å²) >= 11 is 6.16. The van der Waals surface area contributed by atoms with Crippen molar-refractivity contribution in [2.24, 2.45) is 0 Å². The zero-order valence-corrected chi connectivity index (χ0v) is 22.0. The van der Waals surface area contributed by atoms with Crippen molar-refractivity contribution >= 4 is 28.6 Å². The topological polar surface area (TPSA) is 66.2 Å². The number of methoxy groups -OCH3 is 1. The summed E-state index contributed by atoms with van der Waals surface area (Å²) in [6, 6.07) is 13.0. The monoisotopic (exact) mass is 539 g/mol. The number of esters is 1. The van der Waals surface area contributed by atoms with E-state index in [9.17, 15) is 13.6 Å². The molecule has 2 heterocycles. The van der Waals surface area contributed by atoms with Crippen molar-refractivity contribution in [3.8, 4) is 11.4 Å². The molecular weight excluding hydrogens is 512 g/mol. The van der Waals surface area contributed by atoms with Gasteiger partial charge in [-0.2, -0.15) is 0 Å². The molecule has 6 nitrogen and oxygen atoms in total. The quantitative estimate of drug-likeness (QED) is 0.231. The van der Waals surface area contributed by atoms with Crippen molar-refractivity contribution in [1.82, 2.24) is 14.5 Å². The number of carbonyl (C=O) groups is 1. The number of carbonyl (C=O) groups excluding carboxylic acids is 1. The minimum atomic E-state index is -0.955. The van der Waals surface area contributed by atoms with Crippen LogP contribution in [0.25, 0.3) is 22.4 Å². The van der Waals surface area contributed by atoms with E-state index in [0.29, 0.717) is 52.6 Å². The molecule has 2 aromatic heterocycles. The molecule has 4 aromatic rings. The molecule has 1 atom stereocenters. The summed E-state index contributed by atoms with van der Waals surface area (Å²) in [5, 5.41) is 0.572. The number of aromatic nitrogens is 3. The van der Waals surface area contributed by atoms with Crippen LogP contribution in [0.15, 0.2) is 54.7 Å². The Bertz CT molecular complexity index is 1450. The number of halogens is 3. The lowest BCUT2D eigenvalue weighted by Crippen LogP contribution is -2.43. The molecule has 38 heavy (non-hydrogen) atoms. The Hall–Kier alpha value is -3.36. The fourth-order valence-corrected chi connectivity index (χ4v) is 5.69. The van der Waals surface area contributed by atoms with Gasteiger partial charge in [0.1, 0.15) is 11.9 Å². The molecule has 198 valence electrons. The Balaban J connectivity index is 1.77. The third kappa shape index (κ3) is 4.67. The van der Waals surface area contributed by atoms with Crippen LogP contribution in [-0.4, -0.2) is 34.2 Å². The van der Waals surface area contributed by atoms with Gasteiger partial charge >= 0.3 is 5.97 Å². The summed E-state index contributed by atoms with van der Waals surface area (Å²) in [5.74, 6) is -1.81. The second kappa shape index (κ2) is 10.8. The van der Waals surface area contributed by atoms with Gasteiger partial charge < -0.3 is 14.0 Å². The second-order valence-electron chi connectivity index (χ2n) is 9.50. The van der Waals surface area contributed by atoms with Gasteiger partial charge in [0, 0.05) is 35.5 Å². The van der Waals surface area contributed by atoms with Crippen LogP contribution in [0.4, 0.5) is 8.78 Å². The van der Waals surface area contributed by atoms with Crippen molar-refractivity contribution in [1.29, 1.82) is 0 Å². The van der Waals surface area contributed by atoms with Gasteiger partial charge in [-0.15, -0.1) is 0 Å². The minimum absolute atomic E-state index is 0.330. The third-order valence-electron chi connectivity index (χ3n) is 7.26. The van der Waals surface area contributed by atoms with Crippen molar-refractivity contribution in [2.45, 2.75) is 50.7 Å². The SMILES string of the molecule is CCOC(c1ccc(C(=O)OC)cn1)C1(n2c(-c3ccc(Cl)cc3)nc3cc(F)c(F)cc32)CCCCC1. The third-order valence-corrected chi connectivity index (χ3v) is 7.51. The molecule has 5 rings (SSSR count). The number of fused-ring (bicyclic) bond motifs is 1. The lowest BCUT2D eigenvalue weighted by molar-refractivity contribution is -0.0496. The first-order valence-electron chi connectivity index (χ1n) is 12.7. The van der Waals surface area contributed by atoms with Crippen LogP contribution in [0.5, 0.6) is 0 Å². The highest BCUT2D eigenvalue weighted by Gasteiger charge is 2.46. The van der Waals surface area contributed by atoms with Crippen LogP contribution in [0, 0.1) is 11.6 Å². The molecule has 1 saturated carbocycles. The highest BCUT2D eigenvalue weighted by molar-refractivity contribution is 6.30. The number of hydrogen-bond acceptors (Lipinski definition) is 5. The van der Waals surface area contributed by atoms with Crippen molar-refractivity contribution in [3.63, 3.8) is 0 Å². The number of benzene rings is 2. The maximum absolute atomic E-state index is 14.7. The van der Waals surface area contributed by atoms with E-state index < -0.39 is 29.2 Å². The molecule has 0 spiro atoms. The molecule has 0 radical (unpaired) electrons. The first-order valence-corrected chi connectivity index (χ1v) is 13.1. The normalized spacial score (nSPS) is 15.9. The molecular formula is C29H28ClF2N3O3. The van der Waals surface area contributed by atoms with Crippen LogP contribution in [0.3, 0.4) is 0 Å². The van der Waals surface area contributed by atoms with Crippen molar-refractivity contribution < 1.29 is 23.0 Å². The fourth-order valence-electron chi connectivity index (χ4n) is 5.56. The Morgan fingerprint density at radius 1 is 1.08 bits per heavy atom. The van der Waals surface area contributed by atoms with Crippen molar-refractivity contribution in [3.05, 3.63) is 82.6 Å². The summed E-state index contributed by atoms with van der Waals surface area (Å²) < 4.78 is 42.3. The molecule has 1 unspecified atom stereocenters. The van der Waals surface area contributed by atoms with E-state index >= 15 is 0 Å². The number of hydrogen-bond donors (Lipinski definition) is 0. The minimum Gasteiger partial charge on any atom is -0.465 e. The molecule has 1 aliphatic carbocycles. The molecule has 0 saturated heterocycles. The van der Waals surface area contributed by atoms with Crippen LogP contribution in [0.1, 0.15) is 61.2 Å². The molecule has 1 fully saturated rings. The van der Waals surface area contributed by atoms with Gasteiger partial charge in [-0.1, -0.05) is 30.9 Å². The number of pyridine rings is 1. The van der Waals surface area contributed by atoms with Crippen LogP contribution >= 0.6 is 11.6 Å². The predicted molar refractivity (Wildman–Crippen MR) is 141 cm³/mol. The summed E-state index contributed by atoms with van der Waals surface area (Å²) in [4.78, 5) is 21.4. The Kier molecular flexibility index (Phi) is 7.45. The predicted octanol–water partition coefficient (Wildman–Crippen LogP) is 7.25. The smallest absolute Gasteiger partial charge is 0.339 e. The van der Waals surface area contributed by atoms with Gasteiger partial charge in [0.05, 0.1) is 34.9 Å². The molecule has 9 heteroatoms. The van der Waals surface area contributed by atoms with E-state index in [1.807, 2.05) is 23.6 Å². The Labute approximate surface area is 224 Å². The lowest BCUT2D eigenvalue weighted by atomic mass is 9.75. The molecule has 2 aromatic carbocycles. The van der Waals surface area contributed by atoms with E-state index in [-0.39, 0.29) is 0 Å². The summed E-state index contributed by atoms with van der Waals surface area (Å²) in [6.07, 6.45) is 5.22. The summed E-state index contributed by atoms with van der Waals surface area (Å²) in [6.45, 7) is 2.31. The zero-order chi connectivity index (χ0) is 26.9. The van der Waals surface area contributed by atoms with Gasteiger partial charge in [-0.3, -0.25) is 4.98 Å². The van der Waals surface area contributed by atoms with Crippen LogP contribution < -0.4 is 0 Å². The average molecular weight is 540 g/mol. The first kappa shape index (κ1) is 26.3. The molecule has 0 bridgehead atoms. The fraction of sp³-hybridized carbons (Fsp3) is 0.345. The zero-order valence-electron chi connectivity index (χ0n) is 21.2. The maximum atomic E-state index is 14.7. The maximum Gasteiger partial charge on any atom is 0.339 e. The van der Waals surface area contributed by atoms with E-state index in [0.717, 1.165) is 30.9 Å². The molecule has 0 aliphatic heterocycles. The number of ether oxygens (including phenoxy) is 2. The average Bonchev–Trinajstić information content (AvgIpc) is 3.31. The Morgan fingerprint density at radius 3 is 2.42 bits per heavy atom. The molecule has 1 aliphatic rings. The highest BCUT2D eigenvalue weighted by Crippen LogP contribution is 2.49. The Morgan fingerprint density at radius 2 is 1.79 bits per heavy atom. The second-order valence-corrected chi connectivity index (χ2v) is 9.93. The number of nitrogens with zero attached hydrogens (tertiary/aromatic N) is 3. The largest absolute Gasteiger partial charge is 0.465 e. The summed E-state index contributed by atoms with van der Waals surface area (Å²) in [7, 11) is 1.32. The lowest BCUT2D eigenvalue weighted by Gasteiger charge is -2.45. The van der Waals surface area contributed by atoms with Gasteiger partial charge in [-0.05, 0) is 56.2 Å². The first-order chi connectivity index (χ1) is 18.4. The highest BCUT2D eigenvalue weighted by atomic mass is 35.5. The van der Waals surface area contributed by atoms with Gasteiger partial charge in [0.2, 0.25) is 0 Å². The molecule has 0 N–H and O–H groups in total. The van der Waals surface area contributed by atoms with E-state index in [1.165, 1.54) is 19.4 Å². The van der Waals surface area contributed by atoms with E-state index in [4.69, 9.17) is 26.1 Å². The number of rotatable bonds is 7. The van der Waals surface area contributed by atoms with Gasteiger partial charge in [-0.25, -0.2) is 18.6 Å². The summed E-state index contributed by atoms with van der Waals surface area (Å²) in [5.41, 5.74) is 1.85. The van der Waals surface area contributed by atoms with Crippen molar-refractivity contribution in [2.75, 3.05) is 13.7 Å². The van der Waals surface area contributed by atoms with E-state index in [2.05, 4.69) is 4.98 Å².